The molecular weight excluding hydrogens is 222 g/mol. The standard InChI is InChI=1S/C12H13NO3.H2O/c14-10-11(15)6-2-1-3-5-4(2)8(11)9(5)12(16,13-10)7(3)6;/h2-9,15-16H,1H2,(H,13,14);1H2/t2-,3+,4-,5+,6+,7-,8-,9+,11+,12-;/m1./s1. The van der Waals surface area contributed by atoms with E-state index in [9.17, 15) is 15.0 Å². The zero-order chi connectivity index (χ0) is 10.6. The SMILES string of the molecule is O.O=C1N[C@@]2(O)[C@@H]3[C@H]4C[C@@H]5[C@@H]6[C@H]4[C@H]2[C@@H]6[C@@]1(O)[C@@H]53. The summed E-state index contributed by atoms with van der Waals surface area (Å²) in [4.78, 5) is 12.0. The van der Waals surface area contributed by atoms with Crippen LogP contribution in [-0.2, 0) is 4.79 Å². The molecule has 5 N–H and O–H groups in total. The Morgan fingerprint density at radius 3 is 2.47 bits per heavy atom. The lowest BCUT2D eigenvalue weighted by molar-refractivity contribution is -0.254. The molecule has 5 heteroatoms. The summed E-state index contributed by atoms with van der Waals surface area (Å²) >= 11 is 0. The van der Waals surface area contributed by atoms with Crippen LogP contribution in [0, 0.1) is 47.3 Å². The highest BCUT2D eigenvalue weighted by Gasteiger charge is 2.94. The van der Waals surface area contributed by atoms with Crippen molar-refractivity contribution in [2.75, 3.05) is 0 Å². The smallest absolute Gasteiger partial charge is 0.254 e. The van der Waals surface area contributed by atoms with Crippen LogP contribution < -0.4 is 5.32 Å². The summed E-state index contributed by atoms with van der Waals surface area (Å²) in [5.74, 6) is 2.47. The van der Waals surface area contributed by atoms with Gasteiger partial charge in [0.1, 0.15) is 11.3 Å². The molecule has 7 fully saturated rings. The van der Waals surface area contributed by atoms with Crippen LogP contribution in [0.4, 0.5) is 0 Å². The van der Waals surface area contributed by atoms with Crippen LogP contribution in [0.3, 0.4) is 0 Å². The van der Waals surface area contributed by atoms with Crippen molar-refractivity contribution in [3.8, 4) is 0 Å². The van der Waals surface area contributed by atoms with E-state index < -0.39 is 11.3 Å². The van der Waals surface area contributed by atoms with E-state index in [1.807, 2.05) is 0 Å². The van der Waals surface area contributed by atoms with E-state index >= 15 is 0 Å². The van der Waals surface area contributed by atoms with Crippen molar-refractivity contribution in [3.05, 3.63) is 0 Å². The minimum absolute atomic E-state index is 0. The topological polar surface area (TPSA) is 101 Å². The van der Waals surface area contributed by atoms with Crippen molar-refractivity contribution in [3.63, 3.8) is 0 Å². The van der Waals surface area contributed by atoms with E-state index in [-0.39, 0.29) is 35.1 Å². The highest BCUT2D eigenvalue weighted by atomic mass is 16.3. The van der Waals surface area contributed by atoms with Gasteiger partial charge in [0.2, 0.25) is 0 Å². The van der Waals surface area contributed by atoms with Crippen LogP contribution in [0.2, 0.25) is 0 Å². The van der Waals surface area contributed by atoms with Crippen molar-refractivity contribution in [1.29, 1.82) is 0 Å². The van der Waals surface area contributed by atoms with Gasteiger partial charge in [-0.15, -0.1) is 0 Å². The van der Waals surface area contributed by atoms with Crippen molar-refractivity contribution < 1.29 is 20.5 Å². The first-order valence-corrected chi connectivity index (χ1v) is 6.37. The summed E-state index contributed by atoms with van der Waals surface area (Å²) in [5, 5.41) is 24.3. The Morgan fingerprint density at radius 2 is 1.71 bits per heavy atom. The lowest BCUT2D eigenvalue weighted by Crippen LogP contribution is -2.80. The maximum atomic E-state index is 12.0. The van der Waals surface area contributed by atoms with Crippen LogP contribution in [0.25, 0.3) is 0 Å². The quantitative estimate of drug-likeness (QED) is 0.458. The summed E-state index contributed by atoms with van der Waals surface area (Å²) in [6.45, 7) is 0. The molecule has 0 aromatic rings. The van der Waals surface area contributed by atoms with E-state index in [1.165, 1.54) is 0 Å². The Hall–Kier alpha value is -0.650. The van der Waals surface area contributed by atoms with E-state index in [0.29, 0.717) is 23.7 Å². The second-order valence-electron chi connectivity index (χ2n) is 6.93. The zero-order valence-electron chi connectivity index (χ0n) is 9.13. The molecule has 5 aliphatic carbocycles. The molecule has 0 spiro atoms. The molecule has 2 aliphatic heterocycles. The highest BCUT2D eigenvalue weighted by Crippen LogP contribution is 2.88. The number of aliphatic hydroxyl groups is 2. The molecule has 7 aliphatic rings. The number of amides is 1. The predicted molar refractivity (Wildman–Crippen MR) is 54.2 cm³/mol. The largest absolute Gasteiger partial charge is 0.412 e. The second kappa shape index (κ2) is 1.94. The summed E-state index contributed by atoms with van der Waals surface area (Å²) in [5.41, 5.74) is -2.06. The first-order valence-electron chi connectivity index (χ1n) is 6.37. The summed E-state index contributed by atoms with van der Waals surface area (Å²) in [6.07, 6.45) is 1.15. The van der Waals surface area contributed by atoms with Gasteiger partial charge in [-0.2, -0.15) is 0 Å². The third-order valence-corrected chi connectivity index (χ3v) is 7.21. The molecule has 5 nitrogen and oxygen atoms in total. The summed E-state index contributed by atoms with van der Waals surface area (Å²) in [6, 6.07) is 0. The molecule has 0 aromatic heterocycles. The first kappa shape index (κ1) is 9.30. The molecule has 7 rings (SSSR count). The number of nitrogens with one attached hydrogen (secondary N) is 1. The summed E-state index contributed by atoms with van der Waals surface area (Å²) in [7, 11) is 0. The number of carbonyl (C=O) groups is 1. The van der Waals surface area contributed by atoms with Crippen LogP contribution >= 0.6 is 0 Å². The number of hydrogen-bond donors (Lipinski definition) is 3. The fourth-order valence-electron chi connectivity index (χ4n) is 7.38. The molecule has 10 atom stereocenters. The average Bonchev–Trinajstić information content (AvgIpc) is 2.66. The van der Waals surface area contributed by atoms with Gasteiger partial charge in [-0.1, -0.05) is 0 Å². The van der Waals surface area contributed by atoms with Gasteiger partial charge in [-0.05, 0) is 30.1 Å². The fourth-order valence-corrected chi connectivity index (χ4v) is 7.38. The summed E-state index contributed by atoms with van der Waals surface area (Å²) < 4.78 is 0. The van der Waals surface area contributed by atoms with Gasteiger partial charge in [-0.25, -0.2) is 0 Å². The van der Waals surface area contributed by atoms with E-state index in [1.54, 1.807) is 0 Å². The molecule has 0 unspecified atom stereocenters. The molecule has 5 saturated carbocycles. The van der Waals surface area contributed by atoms with Crippen molar-refractivity contribution >= 4 is 5.91 Å². The number of hydrogen-bond acceptors (Lipinski definition) is 3. The first-order chi connectivity index (χ1) is 7.60. The van der Waals surface area contributed by atoms with Gasteiger partial charge in [-0.3, -0.25) is 4.79 Å². The lowest BCUT2D eigenvalue weighted by Gasteiger charge is -2.61. The predicted octanol–water partition coefficient (Wildman–Crippen LogP) is -1.90. The molecular formula is C12H15NO4. The van der Waals surface area contributed by atoms with Gasteiger partial charge in [0.25, 0.3) is 5.91 Å². The Kier molecular flexibility index (Phi) is 1.06. The van der Waals surface area contributed by atoms with E-state index in [4.69, 9.17) is 0 Å². The minimum atomic E-state index is -1.11. The Balaban J connectivity index is 0.000000735. The van der Waals surface area contributed by atoms with Crippen molar-refractivity contribution in [1.82, 2.24) is 5.32 Å². The maximum absolute atomic E-state index is 12.0. The Labute approximate surface area is 97.5 Å². The van der Waals surface area contributed by atoms with E-state index in [0.717, 1.165) is 6.42 Å². The van der Waals surface area contributed by atoms with Crippen LogP contribution in [0.1, 0.15) is 6.42 Å². The molecule has 0 aromatic carbocycles. The van der Waals surface area contributed by atoms with Gasteiger partial charge < -0.3 is 21.0 Å². The zero-order valence-corrected chi connectivity index (χ0v) is 9.13. The average molecular weight is 237 g/mol. The van der Waals surface area contributed by atoms with Crippen LogP contribution in [-0.4, -0.2) is 32.9 Å². The van der Waals surface area contributed by atoms with Gasteiger partial charge in [0.05, 0.1) is 0 Å². The number of carbonyl (C=O) groups excluding carboxylic acids is 1. The van der Waals surface area contributed by atoms with Crippen molar-refractivity contribution in [2.24, 2.45) is 47.3 Å². The monoisotopic (exact) mass is 237 g/mol. The van der Waals surface area contributed by atoms with E-state index in [2.05, 4.69) is 5.32 Å². The number of fused-ring (bicyclic) bond motifs is 1. The molecule has 2 heterocycles. The van der Waals surface area contributed by atoms with Gasteiger partial charge in [0.15, 0.2) is 0 Å². The molecule has 4 bridgehead atoms. The maximum Gasteiger partial charge on any atom is 0.254 e. The Morgan fingerprint density at radius 1 is 1.06 bits per heavy atom. The third kappa shape index (κ3) is 0.495. The van der Waals surface area contributed by atoms with Gasteiger partial charge in [0, 0.05) is 23.7 Å². The lowest BCUT2D eigenvalue weighted by atomic mass is 9.51. The number of piperidine rings is 2. The molecule has 2 saturated heterocycles. The molecule has 17 heavy (non-hydrogen) atoms. The van der Waals surface area contributed by atoms with Gasteiger partial charge >= 0.3 is 0 Å². The molecule has 0 radical (unpaired) electrons. The Bertz CT molecular complexity index is 495. The minimum Gasteiger partial charge on any atom is -0.412 e. The van der Waals surface area contributed by atoms with Crippen molar-refractivity contribution in [2.45, 2.75) is 17.7 Å². The normalized spacial score (nSPS) is 78.4. The number of rotatable bonds is 0. The second-order valence-corrected chi connectivity index (χ2v) is 6.93. The van der Waals surface area contributed by atoms with Crippen LogP contribution in [0.15, 0.2) is 0 Å². The fraction of sp³-hybridized carbons (Fsp3) is 0.917. The molecule has 92 valence electrons. The third-order valence-electron chi connectivity index (χ3n) is 7.21. The van der Waals surface area contributed by atoms with Crippen LogP contribution in [0.5, 0.6) is 0 Å². The highest BCUT2D eigenvalue weighted by molar-refractivity contribution is 5.91. The molecule has 1 amide bonds.